The van der Waals surface area contributed by atoms with E-state index in [2.05, 4.69) is 6.92 Å². The van der Waals surface area contributed by atoms with Gasteiger partial charge in [-0.3, -0.25) is 0 Å². The summed E-state index contributed by atoms with van der Waals surface area (Å²) < 4.78 is 10.7. The molecule has 3 nitrogen and oxygen atoms in total. The van der Waals surface area contributed by atoms with E-state index in [0.717, 1.165) is 23.3 Å². The van der Waals surface area contributed by atoms with Gasteiger partial charge in [0.25, 0.3) is 0 Å². The lowest BCUT2D eigenvalue weighted by molar-refractivity contribution is 0.383. The van der Waals surface area contributed by atoms with E-state index in [0.29, 0.717) is 23.2 Å². The summed E-state index contributed by atoms with van der Waals surface area (Å²) in [5.74, 6) is 1.83. The van der Waals surface area contributed by atoms with E-state index in [1.54, 1.807) is 14.2 Å². The summed E-state index contributed by atoms with van der Waals surface area (Å²) in [4.78, 5) is 0. The van der Waals surface area contributed by atoms with E-state index in [9.17, 15) is 0 Å². The van der Waals surface area contributed by atoms with Crippen molar-refractivity contribution in [2.24, 2.45) is 5.73 Å². The van der Waals surface area contributed by atoms with Gasteiger partial charge in [-0.15, -0.1) is 0 Å². The molecule has 1 rings (SSSR count). The Morgan fingerprint density at radius 3 is 2.35 bits per heavy atom. The standard InChI is InChI=1S/C13H20ClNO2/c1-8(5-6-15)10-7-11(14)13(17-4)9(2)12(10)16-3/h7-8H,5-6,15H2,1-4H3. The number of nitrogens with two attached hydrogens (primary N) is 1. The summed E-state index contributed by atoms with van der Waals surface area (Å²) >= 11 is 6.20. The van der Waals surface area contributed by atoms with Crippen LogP contribution >= 0.6 is 11.6 Å². The molecule has 0 aromatic heterocycles. The summed E-state index contributed by atoms with van der Waals surface area (Å²) in [6, 6.07) is 1.91. The highest BCUT2D eigenvalue weighted by atomic mass is 35.5. The fourth-order valence-corrected chi connectivity index (χ4v) is 2.40. The zero-order valence-corrected chi connectivity index (χ0v) is 11.6. The van der Waals surface area contributed by atoms with E-state index in [1.165, 1.54) is 0 Å². The van der Waals surface area contributed by atoms with Gasteiger partial charge in [-0.25, -0.2) is 0 Å². The van der Waals surface area contributed by atoms with Crippen LogP contribution in [-0.4, -0.2) is 20.8 Å². The molecule has 0 saturated carbocycles. The average Bonchev–Trinajstić information content (AvgIpc) is 2.29. The molecule has 0 saturated heterocycles. The molecule has 0 aliphatic rings. The predicted octanol–water partition coefficient (Wildman–Crippen LogP) is 3.12. The van der Waals surface area contributed by atoms with Gasteiger partial charge in [0, 0.05) is 5.56 Å². The van der Waals surface area contributed by atoms with Crippen molar-refractivity contribution in [3.63, 3.8) is 0 Å². The second-order valence-corrected chi connectivity index (χ2v) is 4.52. The molecular formula is C13H20ClNO2. The fraction of sp³-hybridized carbons (Fsp3) is 0.538. The lowest BCUT2D eigenvalue weighted by Crippen LogP contribution is -2.07. The molecule has 1 aromatic carbocycles. The van der Waals surface area contributed by atoms with Crippen molar-refractivity contribution in [2.45, 2.75) is 26.2 Å². The summed E-state index contributed by atoms with van der Waals surface area (Å²) in [6.45, 7) is 4.71. The lowest BCUT2D eigenvalue weighted by Gasteiger charge is -2.19. The second kappa shape index (κ2) is 6.12. The number of halogens is 1. The number of hydrogen-bond donors (Lipinski definition) is 1. The minimum absolute atomic E-state index is 0.317. The molecule has 1 atom stereocenters. The van der Waals surface area contributed by atoms with Gasteiger partial charge < -0.3 is 15.2 Å². The molecule has 0 aliphatic carbocycles. The Hall–Kier alpha value is -0.930. The van der Waals surface area contributed by atoms with Crippen LogP contribution in [0.15, 0.2) is 6.07 Å². The monoisotopic (exact) mass is 257 g/mol. The first-order valence-electron chi connectivity index (χ1n) is 5.67. The topological polar surface area (TPSA) is 44.5 Å². The van der Waals surface area contributed by atoms with Crippen molar-refractivity contribution in [2.75, 3.05) is 20.8 Å². The number of rotatable bonds is 5. The smallest absolute Gasteiger partial charge is 0.144 e. The molecule has 0 bridgehead atoms. The number of hydrogen-bond acceptors (Lipinski definition) is 3. The first kappa shape index (κ1) is 14.1. The zero-order valence-electron chi connectivity index (χ0n) is 10.8. The van der Waals surface area contributed by atoms with Crippen LogP contribution in [0, 0.1) is 6.92 Å². The molecule has 0 aliphatic heterocycles. The molecule has 0 radical (unpaired) electrons. The van der Waals surface area contributed by atoms with Crippen LogP contribution in [0.4, 0.5) is 0 Å². The predicted molar refractivity (Wildman–Crippen MR) is 71.4 cm³/mol. The summed E-state index contributed by atoms with van der Waals surface area (Å²) in [6.07, 6.45) is 0.901. The molecule has 0 amide bonds. The summed E-state index contributed by atoms with van der Waals surface area (Å²) in [5.41, 5.74) is 7.61. The molecule has 1 aromatic rings. The highest BCUT2D eigenvalue weighted by molar-refractivity contribution is 6.32. The number of methoxy groups -OCH3 is 2. The molecule has 0 spiro atoms. The maximum absolute atomic E-state index is 6.20. The Labute approximate surface area is 108 Å². The zero-order chi connectivity index (χ0) is 13.0. The van der Waals surface area contributed by atoms with Crippen molar-refractivity contribution in [1.29, 1.82) is 0 Å². The third-order valence-corrected chi connectivity index (χ3v) is 3.26. The Balaban J connectivity index is 3.31. The molecule has 0 fully saturated rings. The van der Waals surface area contributed by atoms with Gasteiger partial charge in [0.05, 0.1) is 19.2 Å². The average molecular weight is 258 g/mol. The quantitative estimate of drug-likeness (QED) is 0.882. The van der Waals surface area contributed by atoms with Crippen LogP contribution in [0.25, 0.3) is 0 Å². The van der Waals surface area contributed by atoms with Crippen LogP contribution < -0.4 is 15.2 Å². The van der Waals surface area contributed by atoms with E-state index in [-0.39, 0.29) is 0 Å². The van der Waals surface area contributed by atoms with Gasteiger partial charge in [0.2, 0.25) is 0 Å². The largest absolute Gasteiger partial charge is 0.496 e. The van der Waals surface area contributed by atoms with Gasteiger partial charge in [-0.2, -0.15) is 0 Å². The van der Waals surface area contributed by atoms with Gasteiger partial charge in [-0.1, -0.05) is 18.5 Å². The van der Waals surface area contributed by atoms with Crippen LogP contribution in [0.3, 0.4) is 0 Å². The summed E-state index contributed by atoms with van der Waals surface area (Å²) in [7, 11) is 3.27. The molecule has 2 N–H and O–H groups in total. The van der Waals surface area contributed by atoms with E-state index < -0.39 is 0 Å². The SMILES string of the molecule is COc1c(Cl)cc(C(C)CCN)c(OC)c1C. The Morgan fingerprint density at radius 2 is 1.88 bits per heavy atom. The van der Waals surface area contributed by atoms with Crippen molar-refractivity contribution >= 4 is 11.6 Å². The summed E-state index contributed by atoms with van der Waals surface area (Å²) in [5, 5.41) is 0.615. The van der Waals surface area contributed by atoms with Crippen molar-refractivity contribution in [3.05, 3.63) is 22.2 Å². The minimum Gasteiger partial charge on any atom is -0.496 e. The fourth-order valence-electron chi connectivity index (χ4n) is 2.06. The third kappa shape index (κ3) is 2.85. The number of ether oxygens (including phenoxy) is 2. The number of benzene rings is 1. The van der Waals surface area contributed by atoms with Crippen LogP contribution in [0.5, 0.6) is 11.5 Å². The maximum atomic E-state index is 6.20. The first-order valence-corrected chi connectivity index (χ1v) is 6.05. The molecule has 4 heteroatoms. The minimum atomic E-state index is 0.317. The van der Waals surface area contributed by atoms with Crippen molar-refractivity contribution in [1.82, 2.24) is 0 Å². The molecule has 1 unspecified atom stereocenters. The van der Waals surface area contributed by atoms with Crippen molar-refractivity contribution in [3.8, 4) is 11.5 Å². The molecule has 96 valence electrons. The van der Waals surface area contributed by atoms with E-state index >= 15 is 0 Å². The van der Waals surface area contributed by atoms with E-state index in [4.69, 9.17) is 26.8 Å². The Morgan fingerprint density at radius 1 is 1.29 bits per heavy atom. The molecular weight excluding hydrogens is 238 g/mol. The van der Waals surface area contributed by atoms with E-state index in [1.807, 2.05) is 13.0 Å². The maximum Gasteiger partial charge on any atom is 0.144 e. The van der Waals surface area contributed by atoms with Gasteiger partial charge >= 0.3 is 0 Å². The van der Waals surface area contributed by atoms with Crippen LogP contribution in [-0.2, 0) is 0 Å². The highest BCUT2D eigenvalue weighted by Gasteiger charge is 2.19. The van der Waals surface area contributed by atoms with Gasteiger partial charge in [0.15, 0.2) is 0 Å². The van der Waals surface area contributed by atoms with Crippen molar-refractivity contribution < 1.29 is 9.47 Å². The normalized spacial score (nSPS) is 12.4. The second-order valence-electron chi connectivity index (χ2n) is 4.12. The van der Waals surface area contributed by atoms with Gasteiger partial charge in [-0.05, 0) is 37.4 Å². The Kier molecular flexibility index (Phi) is 5.09. The lowest BCUT2D eigenvalue weighted by atomic mass is 9.94. The van der Waals surface area contributed by atoms with Gasteiger partial charge in [0.1, 0.15) is 11.5 Å². The molecule has 17 heavy (non-hydrogen) atoms. The highest BCUT2D eigenvalue weighted by Crippen LogP contribution is 2.41. The Bertz CT molecular complexity index is 393. The van der Waals surface area contributed by atoms with Crippen LogP contribution in [0.1, 0.15) is 30.4 Å². The van der Waals surface area contributed by atoms with Crippen LogP contribution in [0.2, 0.25) is 5.02 Å². The first-order chi connectivity index (χ1) is 8.06. The molecule has 0 heterocycles. The third-order valence-electron chi connectivity index (χ3n) is 2.98.